The van der Waals surface area contributed by atoms with Gasteiger partial charge in [-0.2, -0.15) is 0 Å². The van der Waals surface area contributed by atoms with Crippen molar-refractivity contribution in [1.82, 2.24) is 5.32 Å². The molecule has 2 heterocycles. The highest BCUT2D eigenvalue weighted by molar-refractivity contribution is 5.79. The highest BCUT2D eigenvalue weighted by Gasteiger charge is 2.35. The topological polar surface area (TPSA) is 55.4 Å². The van der Waals surface area contributed by atoms with E-state index in [1.807, 2.05) is 0 Å². The van der Waals surface area contributed by atoms with Crippen molar-refractivity contribution in [2.75, 3.05) is 0 Å². The van der Waals surface area contributed by atoms with E-state index in [0.29, 0.717) is 12.8 Å². The van der Waals surface area contributed by atoms with E-state index in [9.17, 15) is 9.59 Å². The van der Waals surface area contributed by atoms with Gasteiger partial charge >= 0.3 is 5.97 Å². The minimum atomic E-state index is -0.138. The largest absolute Gasteiger partial charge is 0.460 e. The Morgan fingerprint density at radius 3 is 1.68 bits per heavy atom. The first-order chi connectivity index (χ1) is 10.6. The number of terminal acetylenes is 2. The van der Waals surface area contributed by atoms with Crippen LogP contribution in [0.1, 0.15) is 66.2 Å². The zero-order valence-electron chi connectivity index (χ0n) is 14.4. The van der Waals surface area contributed by atoms with Crippen LogP contribution >= 0.6 is 0 Å². The molecule has 4 heteroatoms. The molecule has 0 bridgehead atoms. The normalized spacial score (nSPS) is 20.9. The summed E-state index contributed by atoms with van der Waals surface area (Å²) in [6, 6.07) is 0.0731. The second-order valence-corrected chi connectivity index (χ2v) is 4.69. The molecule has 0 aromatic carbocycles. The Balaban J connectivity index is -0.000000306. The van der Waals surface area contributed by atoms with Gasteiger partial charge in [-0.25, -0.2) is 0 Å². The number of nitrogens with one attached hydrogen (secondary N) is 1. The second-order valence-electron chi connectivity index (χ2n) is 4.69. The number of hydrogen-bond acceptors (Lipinski definition) is 3. The van der Waals surface area contributed by atoms with Crippen molar-refractivity contribution >= 4 is 11.9 Å². The van der Waals surface area contributed by atoms with Crippen LogP contribution in [-0.2, 0) is 14.3 Å². The summed E-state index contributed by atoms with van der Waals surface area (Å²) in [6.07, 6.45) is 21.1. The highest BCUT2D eigenvalue weighted by atomic mass is 16.5. The monoisotopic (exact) mass is 309 g/mol. The van der Waals surface area contributed by atoms with E-state index in [4.69, 9.17) is 4.74 Å². The van der Waals surface area contributed by atoms with Gasteiger partial charge in [-0.15, -0.1) is 25.7 Å². The van der Waals surface area contributed by atoms with Gasteiger partial charge in [0.15, 0.2) is 0 Å². The number of carbonyl (C=O) groups excluding carboxylic acids is 2. The van der Waals surface area contributed by atoms with Crippen molar-refractivity contribution in [3.05, 3.63) is 0 Å². The molecular weight excluding hydrogens is 278 g/mol. The standard InChI is InChI=1S/C8H11NO3.2C3H8.2C2H2/c10-7-3-1-5(9-7)6-2-4-8(11)12-6;2*1-3-2;2*1-2/h5-6H,1-4H2,(H,9,10);2*3H2,1-2H3;2*1-2H/t5-,6?;;;;/m0..../s1. The molecule has 0 aromatic heterocycles. The molecule has 2 atom stereocenters. The van der Waals surface area contributed by atoms with Crippen LogP contribution in [0.4, 0.5) is 0 Å². The zero-order valence-corrected chi connectivity index (χ0v) is 14.4. The van der Waals surface area contributed by atoms with Crippen molar-refractivity contribution in [3.63, 3.8) is 0 Å². The molecule has 2 saturated heterocycles. The number of rotatable bonds is 1. The fraction of sp³-hybridized carbons (Fsp3) is 0.667. The third kappa shape index (κ3) is 13.1. The predicted octanol–water partition coefficient (Wildman–Crippen LogP) is 3.30. The van der Waals surface area contributed by atoms with Crippen LogP contribution in [-0.4, -0.2) is 24.0 Å². The van der Waals surface area contributed by atoms with Crippen LogP contribution in [0.3, 0.4) is 0 Å². The van der Waals surface area contributed by atoms with E-state index >= 15 is 0 Å². The maximum absolute atomic E-state index is 10.8. The lowest BCUT2D eigenvalue weighted by Gasteiger charge is -2.16. The Kier molecular flexibility index (Phi) is 21.7. The number of esters is 1. The molecule has 2 fully saturated rings. The average Bonchev–Trinajstić information content (AvgIpc) is 3.13. The van der Waals surface area contributed by atoms with Gasteiger partial charge in [-0.1, -0.05) is 40.5 Å². The van der Waals surface area contributed by atoms with Gasteiger partial charge < -0.3 is 10.1 Å². The van der Waals surface area contributed by atoms with E-state index in [1.165, 1.54) is 12.8 Å². The highest BCUT2D eigenvalue weighted by Crippen LogP contribution is 2.22. The predicted molar refractivity (Wildman–Crippen MR) is 92.0 cm³/mol. The van der Waals surface area contributed by atoms with Gasteiger partial charge in [0.25, 0.3) is 0 Å². The minimum Gasteiger partial charge on any atom is -0.460 e. The van der Waals surface area contributed by atoms with E-state index in [0.717, 1.165) is 12.8 Å². The summed E-state index contributed by atoms with van der Waals surface area (Å²) in [4.78, 5) is 21.6. The van der Waals surface area contributed by atoms with Gasteiger partial charge in [-0.3, -0.25) is 9.59 Å². The molecule has 1 amide bonds. The third-order valence-electron chi connectivity index (χ3n) is 2.39. The molecule has 2 rings (SSSR count). The second kappa shape index (κ2) is 19.1. The van der Waals surface area contributed by atoms with Crippen LogP contribution in [0.15, 0.2) is 0 Å². The minimum absolute atomic E-state index is 0.0658. The molecule has 1 unspecified atom stereocenters. The molecule has 4 nitrogen and oxygen atoms in total. The summed E-state index contributed by atoms with van der Waals surface area (Å²) >= 11 is 0. The third-order valence-corrected chi connectivity index (χ3v) is 2.39. The van der Waals surface area contributed by atoms with Crippen LogP contribution in [0.2, 0.25) is 0 Å². The van der Waals surface area contributed by atoms with E-state index in [1.54, 1.807) is 0 Å². The summed E-state index contributed by atoms with van der Waals surface area (Å²) in [7, 11) is 0. The van der Waals surface area contributed by atoms with Crippen LogP contribution in [0, 0.1) is 25.7 Å². The molecule has 126 valence electrons. The number of ether oxygens (including phenoxy) is 1. The lowest BCUT2D eigenvalue weighted by Crippen LogP contribution is -2.36. The smallest absolute Gasteiger partial charge is 0.306 e. The van der Waals surface area contributed by atoms with Crippen molar-refractivity contribution in [3.8, 4) is 25.7 Å². The average molecular weight is 309 g/mol. The van der Waals surface area contributed by atoms with Gasteiger partial charge in [0.2, 0.25) is 5.91 Å². The molecule has 0 saturated carbocycles. The summed E-state index contributed by atoms with van der Waals surface area (Å²) in [5.41, 5.74) is 0. The van der Waals surface area contributed by atoms with E-state index < -0.39 is 0 Å². The maximum atomic E-state index is 10.8. The van der Waals surface area contributed by atoms with Crippen molar-refractivity contribution in [2.45, 2.75) is 78.4 Å². The van der Waals surface area contributed by atoms with E-state index in [-0.39, 0.29) is 24.0 Å². The van der Waals surface area contributed by atoms with Gasteiger partial charge in [0.05, 0.1) is 6.04 Å². The fourth-order valence-corrected chi connectivity index (χ4v) is 1.75. The van der Waals surface area contributed by atoms with Crippen molar-refractivity contribution < 1.29 is 14.3 Å². The summed E-state index contributed by atoms with van der Waals surface area (Å²) in [5, 5.41) is 2.80. The lowest BCUT2D eigenvalue weighted by molar-refractivity contribution is -0.142. The molecule has 1 N–H and O–H groups in total. The fourth-order valence-electron chi connectivity index (χ4n) is 1.75. The molecular formula is C18H31NO3. The molecule has 0 aromatic rings. The summed E-state index contributed by atoms with van der Waals surface area (Å²) < 4.78 is 5.04. The Bertz CT molecular complexity index is 289. The Hall–Kier alpha value is -1.94. The first kappa shape index (κ1) is 25.0. The van der Waals surface area contributed by atoms with Gasteiger partial charge in [0.1, 0.15) is 6.10 Å². The van der Waals surface area contributed by atoms with Crippen molar-refractivity contribution in [2.24, 2.45) is 0 Å². The van der Waals surface area contributed by atoms with Gasteiger partial charge in [-0.05, 0) is 12.8 Å². The first-order valence-corrected chi connectivity index (χ1v) is 7.74. The van der Waals surface area contributed by atoms with Crippen molar-refractivity contribution in [1.29, 1.82) is 0 Å². The Morgan fingerprint density at radius 2 is 1.41 bits per heavy atom. The van der Waals surface area contributed by atoms with Crippen LogP contribution in [0.25, 0.3) is 0 Å². The quantitative estimate of drug-likeness (QED) is 0.597. The maximum Gasteiger partial charge on any atom is 0.306 e. The molecule has 0 spiro atoms. The summed E-state index contributed by atoms with van der Waals surface area (Å²) in [5.74, 6) is -0.0657. The Morgan fingerprint density at radius 1 is 0.955 bits per heavy atom. The number of cyclic esters (lactones) is 1. The SMILES string of the molecule is C#C.C#C.CCC.CCC.O=C1CC[C@@H](C2CCC(=O)O2)N1. The molecule has 2 aliphatic heterocycles. The molecule has 0 aliphatic carbocycles. The zero-order chi connectivity index (χ0) is 18.0. The summed E-state index contributed by atoms with van der Waals surface area (Å²) in [6.45, 7) is 8.50. The van der Waals surface area contributed by atoms with E-state index in [2.05, 4.69) is 58.7 Å². The van der Waals surface area contributed by atoms with Crippen LogP contribution < -0.4 is 5.32 Å². The molecule has 22 heavy (non-hydrogen) atoms. The number of carbonyl (C=O) groups is 2. The molecule has 0 radical (unpaired) electrons. The molecule has 2 aliphatic rings. The first-order valence-electron chi connectivity index (χ1n) is 7.74. The van der Waals surface area contributed by atoms with Crippen LogP contribution in [0.5, 0.6) is 0 Å². The van der Waals surface area contributed by atoms with Gasteiger partial charge in [0, 0.05) is 12.8 Å². The number of hydrogen-bond donors (Lipinski definition) is 1. The number of amides is 1. The Labute approximate surface area is 136 Å². The lowest BCUT2D eigenvalue weighted by atomic mass is 10.1.